The van der Waals surface area contributed by atoms with E-state index in [9.17, 15) is 13.2 Å². The van der Waals surface area contributed by atoms with Crippen molar-refractivity contribution in [1.29, 1.82) is 0 Å². The molecule has 0 aromatic heterocycles. The van der Waals surface area contributed by atoms with Crippen LogP contribution in [0.4, 0.5) is 5.69 Å². The predicted molar refractivity (Wildman–Crippen MR) is 136 cm³/mol. The SMILES string of the molecule is CCN(c1ccc(OC)cc1)S(=O)(=O)N1CCCC(C(=O)NCCCN2C(C)CCCC2C)C1. The number of methoxy groups -OCH3 is 1. The second-order valence-corrected chi connectivity index (χ2v) is 11.4. The number of piperidine rings is 2. The van der Waals surface area contributed by atoms with Crippen molar-refractivity contribution in [3.8, 4) is 5.75 Å². The number of hydrogen-bond acceptors (Lipinski definition) is 5. The van der Waals surface area contributed by atoms with Crippen molar-refractivity contribution in [2.24, 2.45) is 5.92 Å². The summed E-state index contributed by atoms with van der Waals surface area (Å²) in [6, 6.07) is 8.21. The number of benzene rings is 1. The Morgan fingerprint density at radius 1 is 1.12 bits per heavy atom. The third-order valence-electron chi connectivity index (χ3n) is 7.28. The smallest absolute Gasteiger partial charge is 0.304 e. The van der Waals surface area contributed by atoms with Crippen molar-refractivity contribution < 1.29 is 17.9 Å². The maximum absolute atomic E-state index is 13.4. The lowest BCUT2D eigenvalue weighted by Gasteiger charge is -2.39. The number of ether oxygens (including phenoxy) is 1. The maximum atomic E-state index is 13.4. The van der Waals surface area contributed by atoms with Gasteiger partial charge in [0.05, 0.1) is 18.7 Å². The van der Waals surface area contributed by atoms with Crippen LogP contribution in [0.3, 0.4) is 0 Å². The topological polar surface area (TPSA) is 82.2 Å². The summed E-state index contributed by atoms with van der Waals surface area (Å²) >= 11 is 0. The summed E-state index contributed by atoms with van der Waals surface area (Å²) in [6.45, 7) is 8.99. The van der Waals surface area contributed by atoms with Crippen molar-refractivity contribution in [2.45, 2.75) is 71.4 Å². The van der Waals surface area contributed by atoms with Gasteiger partial charge in [-0.05, 0) is 77.1 Å². The lowest BCUT2D eigenvalue weighted by atomic mass is 9.97. The molecule has 3 unspecified atom stereocenters. The molecule has 1 N–H and O–H groups in total. The zero-order valence-corrected chi connectivity index (χ0v) is 22.0. The van der Waals surface area contributed by atoms with Crippen molar-refractivity contribution in [3.63, 3.8) is 0 Å². The van der Waals surface area contributed by atoms with Crippen LogP contribution in [-0.2, 0) is 15.0 Å². The number of likely N-dealkylation sites (tertiary alicyclic amines) is 1. The van der Waals surface area contributed by atoms with E-state index in [0.717, 1.165) is 13.0 Å². The van der Waals surface area contributed by atoms with Crippen LogP contribution in [-0.4, -0.2) is 75.4 Å². The van der Waals surface area contributed by atoms with Gasteiger partial charge in [-0.1, -0.05) is 6.42 Å². The van der Waals surface area contributed by atoms with Crippen LogP contribution < -0.4 is 14.4 Å². The van der Waals surface area contributed by atoms with E-state index in [1.807, 2.05) is 6.92 Å². The Kier molecular flexibility index (Phi) is 9.62. The van der Waals surface area contributed by atoms with Gasteiger partial charge < -0.3 is 10.1 Å². The standard InChI is InChI=1S/C25H42N4O4S/c1-5-29(23-12-14-24(33-4)15-13-23)34(31,32)27-17-7-11-22(19-27)25(30)26-16-8-18-28-20(2)9-6-10-21(28)3/h12-15,20-22H,5-11,16-19H2,1-4H3,(H,26,30). The minimum absolute atomic E-state index is 0.0351. The Hall–Kier alpha value is -1.84. The molecule has 1 aromatic carbocycles. The van der Waals surface area contributed by atoms with Gasteiger partial charge in [0.15, 0.2) is 0 Å². The van der Waals surface area contributed by atoms with E-state index >= 15 is 0 Å². The van der Waals surface area contributed by atoms with Crippen LogP contribution in [0.5, 0.6) is 5.75 Å². The molecule has 2 fully saturated rings. The summed E-state index contributed by atoms with van der Waals surface area (Å²) < 4.78 is 34.9. The van der Waals surface area contributed by atoms with E-state index in [-0.39, 0.29) is 18.4 Å². The van der Waals surface area contributed by atoms with Crippen LogP contribution in [0.2, 0.25) is 0 Å². The van der Waals surface area contributed by atoms with Crippen LogP contribution >= 0.6 is 0 Å². The van der Waals surface area contributed by atoms with Gasteiger partial charge in [-0.3, -0.25) is 14.0 Å². The molecule has 2 heterocycles. The Labute approximate surface area is 205 Å². The molecule has 1 aromatic rings. The summed E-state index contributed by atoms with van der Waals surface area (Å²) in [5, 5.41) is 3.07. The van der Waals surface area contributed by atoms with Gasteiger partial charge in [0.1, 0.15) is 5.75 Å². The number of amides is 1. The molecule has 0 saturated carbocycles. The molecule has 0 aliphatic carbocycles. The Balaban J connectivity index is 1.54. The molecule has 9 heteroatoms. The third kappa shape index (κ3) is 6.43. The van der Waals surface area contributed by atoms with Crippen molar-refractivity contribution in [3.05, 3.63) is 24.3 Å². The van der Waals surface area contributed by atoms with Crippen molar-refractivity contribution in [1.82, 2.24) is 14.5 Å². The lowest BCUT2D eigenvalue weighted by molar-refractivity contribution is -0.126. The highest BCUT2D eigenvalue weighted by molar-refractivity contribution is 7.90. The highest BCUT2D eigenvalue weighted by atomic mass is 32.2. The second-order valence-electron chi connectivity index (χ2n) is 9.58. The number of hydrogen-bond donors (Lipinski definition) is 1. The molecule has 3 rings (SSSR count). The molecule has 3 atom stereocenters. The summed E-state index contributed by atoms with van der Waals surface area (Å²) in [6.07, 6.45) is 6.09. The van der Waals surface area contributed by atoms with Gasteiger partial charge >= 0.3 is 10.2 Å². The maximum Gasteiger partial charge on any atom is 0.304 e. The fraction of sp³-hybridized carbons (Fsp3) is 0.720. The highest BCUT2D eigenvalue weighted by Crippen LogP contribution is 2.27. The van der Waals surface area contributed by atoms with Gasteiger partial charge in [-0.25, -0.2) is 0 Å². The molecule has 2 aliphatic rings. The second kappa shape index (κ2) is 12.2. The number of nitrogens with one attached hydrogen (secondary N) is 1. The molecule has 34 heavy (non-hydrogen) atoms. The minimum Gasteiger partial charge on any atom is -0.497 e. The third-order valence-corrected chi connectivity index (χ3v) is 9.29. The zero-order chi connectivity index (χ0) is 24.7. The monoisotopic (exact) mass is 494 g/mol. The Morgan fingerprint density at radius 3 is 2.41 bits per heavy atom. The van der Waals surface area contributed by atoms with E-state index in [4.69, 9.17) is 4.74 Å². The summed E-state index contributed by atoms with van der Waals surface area (Å²) in [4.78, 5) is 15.4. The van der Waals surface area contributed by atoms with Gasteiger partial charge in [-0.2, -0.15) is 12.7 Å². The summed E-state index contributed by atoms with van der Waals surface area (Å²) in [5.74, 6) is 0.328. The summed E-state index contributed by atoms with van der Waals surface area (Å²) in [7, 11) is -2.15. The molecule has 2 saturated heterocycles. The fourth-order valence-electron chi connectivity index (χ4n) is 5.27. The number of nitrogens with zero attached hydrogens (tertiary/aromatic N) is 3. The van der Waals surface area contributed by atoms with E-state index in [2.05, 4.69) is 24.1 Å². The van der Waals surface area contributed by atoms with Gasteiger partial charge in [0.25, 0.3) is 0 Å². The molecule has 1 amide bonds. The Morgan fingerprint density at radius 2 is 1.79 bits per heavy atom. The first-order valence-electron chi connectivity index (χ1n) is 12.7. The molecular formula is C25H42N4O4S. The van der Waals surface area contributed by atoms with E-state index < -0.39 is 10.2 Å². The van der Waals surface area contributed by atoms with Crippen molar-refractivity contribution in [2.75, 3.05) is 44.1 Å². The number of carbonyl (C=O) groups excluding carboxylic acids is 1. The number of carbonyl (C=O) groups is 1. The average molecular weight is 495 g/mol. The first-order valence-corrected chi connectivity index (χ1v) is 14.1. The van der Waals surface area contributed by atoms with Gasteiger partial charge in [-0.15, -0.1) is 0 Å². The number of anilines is 1. The molecule has 0 spiro atoms. The highest BCUT2D eigenvalue weighted by Gasteiger charge is 2.35. The quantitative estimate of drug-likeness (QED) is 0.505. The normalized spacial score (nSPS) is 24.5. The van der Waals surface area contributed by atoms with E-state index in [1.165, 1.54) is 27.9 Å². The first kappa shape index (κ1) is 26.8. The van der Waals surface area contributed by atoms with Crippen LogP contribution in [0.25, 0.3) is 0 Å². The van der Waals surface area contributed by atoms with Crippen LogP contribution in [0.15, 0.2) is 24.3 Å². The van der Waals surface area contributed by atoms with Gasteiger partial charge in [0.2, 0.25) is 5.91 Å². The minimum atomic E-state index is -3.73. The van der Waals surface area contributed by atoms with Crippen molar-refractivity contribution >= 4 is 21.8 Å². The van der Waals surface area contributed by atoms with Crippen LogP contribution in [0, 0.1) is 5.92 Å². The van der Waals surface area contributed by atoms with E-state index in [1.54, 1.807) is 31.4 Å². The average Bonchev–Trinajstić information content (AvgIpc) is 2.84. The molecule has 8 nitrogen and oxygen atoms in total. The molecule has 0 bridgehead atoms. The molecular weight excluding hydrogens is 452 g/mol. The van der Waals surface area contributed by atoms with Gasteiger partial charge in [0, 0.05) is 44.8 Å². The molecule has 2 aliphatic heterocycles. The molecule has 192 valence electrons. The summed E-state index contributed by atoms with van der Waals surface area (Å²) in [5.41, 5.74) is 0.594. The molecule has 0 radical (unpaired) electrons. The lowest BCUT2D eigenvalue weighted by Crippen LogP contribution is -2.51. The van der Waals surface area contributed by atoms with Crippen LogP contribution in [0.1, 0.15) is 59.3 Å². The predicted octanol–water partition coefficient (Wildman–Crippen LogP) is 3.25. The van der Waals surface area contributed by atoms with E-state index in [0.29, 0.717) is 56.0 Å². The fourth-order valence-corrected chi connectivity index (χ4v) is 6.99. The zero-order valence-electron chi connectivity index (χ0n) is 21.2. The first-order chi connectivity index (χ1) is 16.3. The Bertz CT molecular complexity index is 883. The largest absolute Gasteiger partial charge is 0.497 e. The number of rotatable bonds is 10.